The summed E-state index contributed by atoms with van der Waals surface area (Å²) in [4.78, 5) is 103. The molecule has 0 radical (unpaired) electrons. The van der Waals surface area contributed by atoms with Gasteiger partial charge in [-0.15, -0.1) is 11.3 Å². The lowest BCUT2D eigenvalue weighted by molar-refractivity contribution is -0.144. The van der Waals surface area contributed by atoms with E-state index < -0.39 is 83.2 Å². The lowest BCUT2D eigenvalue weighted by Gasteiger charge is -2.35. The van der Waals surface area contributed by atoms with Gasteiger partial charge in [0.25, 0.3) is 0 Å². The first kappa shape index (κ1) is 59.0. The van der Waals surface area contributed by atoms with E-state index in [-0.39, 0.29) is 63.1 Å². The molecule has 1 saturated heterocycles. The Balaban J connectivity index is 0.881. The average Bonchev–Trinajstić information content (AvgIpc) is 4.31. The Hall–Kier alpha value is -6.70. The third-order valence-electron chi connectivity index (χ3n) is 14.7. The third kappa shape index (κ3) is 15.1. The summed E-state index contributed by atoms with van der Waals surface area (Å²) >= 11 is 1.57. The maximum atomic E-state index is 14.3. The molecule has 0 unspecified atom stereocenters. The molecule has 18 nitrogen and oxygen atoms in total. The number of aliphatic hydroxyl groups is 1. The van der Waals surface area contributed by atoms with Gasteiger partial charge in [-0.05, 0) is 119 Å². The molecule has 1 aromatic heterocycles. The molecule has 78 heavy (non-hydrogen) atoms. The van der Waals surface area contributed by atoms with Gasteiger partial charge >= 0.3 is 6.09 Å². The number of nitrogens with zero attached hydrogens (tertiary/aromatic N) is 3. The van der Waals surface area contributed by atoms with Gasteiger partial charge in [-0.1, -0.05) is 87.5 Å². The van der Waals surface area contributed by atoms with Crippen molar-refractivity contribution in [3.63, 3.8) is 0 Å². The number of primary amides is 1. The first-order chi connectivity index (χ1) is 36.9. The number of thiazole rings is 1. The molecule has 4 heterocycles. The summed E-state index contributed by atoms with van der Waals surface area (Å²) in [6.45, 7) is 16.7. The standard InChI is InChI=1S/C59H78N8O10S/c1-34(39-21-23-41(24-22-39)51-35(2)61-33-78-51)62-53(71)46-30-43(68)31-66(46)56(74)52(58(4,5)6)65-49(70)16-11-10-13-37-17-19-38(20-18-37)32-76-36(3)44(27-28-48(60)69)63-54(72)47-29-42-15-12-14-40-25-26-45(55(73)67(47)50(40)42)64-57(75)77-59(7,8)9/h12,14-15,17-24,33-34,36,43-47,52,68H,10-11,13,16,25-32H2,1-9H3,(H2,60,69)(H,62,71)(H,63,72)(H,64,75)(H,65,70)/t34-,36+,43-,44-,45-,46-,47-,52+/m0/s1. The maximum Gasteiger partial charge on any atom is 0.408 e. The van der Waals surface area contributed by atoms with E-state index >= 15 is 0 Å². The number of para-hydroxylation sites is 1. The number of rotatable bonds is 21. The molecular weight excluding hydrogens is 1010 g/mol. The number of nitrogens with one attached hydrogen (secondary N) is 4. The number of aryl methyl sites for hydroxylation is 3. The second-order valence-corrected chi connectivity index (χ2v) is 24.0. The number of anilines is 1. The summed E-state index contributed by atoms with van der Waals surface area (Å²) in [6.07, 6.45) is 1.43. The number of unbranched alkanes of at least 4 members (excludes halogenated alkanes) is 1. The predicted octanol–water partition coefficient (Wildman–Crippen LogP) is 6.65. The highest BCUT2D eigenvalue weighted by Crippen LogP contribution is 2.39. The van der Waals surface area contributed by atoms with E-state index in [1.54, 1.807) is 32.1 Å². The Labute approximate surface area is 462 Å². The fourth-order valence-electron chi connectivity index (χ4n) is 10.4. The van der Waals surface area contributed by atoms with Gasteiger partial charge in [-0.2, -0.15) is 0 Å². The molecule has 420 valence electrons. The van der Waals surface area contributed by atoms with Crippen LogP contribution in [0.3, 0.4) is 0 Å². The SMILES string of the molecule is Cc1ncsc1-c1ccc([C@H](C)NC(=O)[C@@H]2C[C@H](O)CN2C(=O)[C@@H](NC(=O)CCCCc2ccc(CO[C@H](C)[C@H](CCC(N)=O)NC(=O)[C@@H]3Cc4cccc5c4N3C(=O)[C@@H](NC(=O)OC(C)(C)C)CC5)cc2)C(C)(C)C)cc1. The first-order valence-corrected chi connectivity index (χ1v) is 28.0. The smallest absolute Gasteiger partial charge is 0.408 e. The van der Waals surface area contributed by atoms with Crippen LogP contribution < -0.4 is 31.9 Å². The molecule has 7 rings (SSSR count). The van der Waals surface area contributed by atoms with E-state index in [0.717, 1.165) is 44.0 Å². The molecule has 7 amide bonds. The molecular formula is C59H78N8O10S. The molecule has 0 aliphatic carbocycles. The number of aromatic nitrogens is 1. The summed E-state index contributed by atoms with van der Waals surface area (Å²) in [7, 11) is 0. The third-order valence-corrected chi connectivity index (χ3v) is 15.7. The van der Waals surface area contributed by atoms with E-state index in [1.807, 2.05) is 114 Å². The highest BCUT2D eigenvalue weighted by molar-refractivity contribution is 7.13. The van der Waals surface area contributed by atoms with Crippen LogP contribution in [0.2, 0.25) is 0 Å². The summed E-state index contributed by atoms with van der Waals surface area (Å²) in [5.74, 6) is -2.40. The molecule has 8 atom stereocenters. The number of alkyl carbamates (subject to hydrolysis) is 1. The molecule has 3 aliphatic heterocycles. The van der Waals surface area contributed by atoms with Crippen molar-refractivity contribution in [1.29, 1.82) is 0 Å². The Bertz CT molecular complexity index is 2810. The van der Waals surface area contributed by atoms with Crippen molar-refractivity contribution in [3.05, 3.63) is 106 Å². The van der Waals surface area contributed by atoms with E-state index in [1.165, 1.54) is 9.80 Å². The second kappa shape index (κ2) is 25.4. The zero-order valence-corrected chi connectivity index (χ0v) is 47.3. The summed E-state index contributed by atoms with van der Waals surface area (Å²) in [6, 6.07) is 16.9. The number of β-amino-alcohol motifs (C(OH)–C–C–N with tert-alkyl or cyclic N) is 1. The van der Waals surface area contributed by atoms with Crippen LogP contribution in [-0.2, 0) is 64.1 Å². The zero-order valence-electron chi connectivity index (χ0n) is 46.5. The zero-order chi connectivity index (χ0) is 56.6. The molecule has 7 N–H and O–H groups in total. The Kier molecular flexibility index (Phi) is 19.2. The van der Waals surface area contributed by atoms with E-state index in [0.29, 0.717) is 37.8 Å². The van der Waals surface area contributed by atoms with Crippen LogP contribution in [0.15, 0.2) is 72.2 Å². The lowest BCUT2D eigenvalue weighted by atomic mass is 9.85. The number of ether oxygens (including phenoxy) is 2. The van der Waals surface area contributed by atoms with Crippen molar-refractivity contribution in [2.45, 2.75) is 187 Å². The van der Waals surface area contributed by atoms with Gasteiger partial charge in [0.05, 0.1) is 52.7 Å². The topological polar surface area (TPSA) is 252 Å². The second-order valence-electron chi connectivity index (χ2n) is 23.1. The van der Waals surface area contributed by atoms with Gasteiger partial charge < -0.3 is 46.5 Å². The van der Waals surface area contributed by atoms with Crippen molar-refractivity contribution in [1.82, 2.24) is 31.2 Å². The van der Waals surface area contributed by atoms with Gasteiger partial charge in [-0.3, -0.25) is 33.7 Å². The molecule has 3 aromatic carbocycles. The van der Waals surface area contributed by atoms with Crippen LogP contribution in [0.5, 0.6) is 0 Å². The number of hydrogen-bond acceptors (Lipinski definition) is 12. The number of amides is 7. The van der Waals surface area contributed by atoms with Crippen LogP contribution in [0, 0.1) is 12.3 Å². The van der Waals surface area contributed by atoms with E-state index in [2.05, 4.69) is 26.3 Å². The van der Waals surface area contributed by atoms with Crippen LogP contribution >= 0.6 is 11.3 Å². The van der Waals surface area contributed by atoms with Crippen LogP contribution in [0.25, 0.3) is 10.4 Å². The molecule has 0 bridgehead atoms. The average molecular weight is 1090 g/mol. The van der Waals surface area contributed by atoms with Gasteiger partial charge in [0, 0.05) is 32.2 Å². The van der Waals surface area contributed by atoms with Gasteiger partial charge in [-0.25, -0.2) is 9.78 Å². The Morgan fingerprint density at radius 2 is 1.54 bits per heavy atom. The van der Waals surface area contributed by atoms with Gasteiger partial charge in [0.1, 0.15) is 29.8 Å². The molecule has 4 aromatic rings. The highest BCUT2D eigenvalue weighted by Gasteiger charge is 2.46. The quantitative estimate of drug-likeness (QED) is 0.0482. The number of carbonyl (C=O) groups is 7. The lowest BCUT2D eigenvalue weighted by Crippen LogP contribution is -2.57. The van der Waals surface area contributed by atoms with Crippen molar-refractivity contribution in [2.75, 3.05) is 11.4 Å². The molecule has 0 spiro atoms. The minimum absolute atomic E-state index is 0.000182. The van der Waals surface area contributed by atoms with Crippen LogP contribution in [0.1, 0.15) is 140 Å². The van der Waals surface area contributed by atoms with Gasteiger partial charge in [0.15, 0.2) is 0 Å². The number of aliphatic hydroxyl groups excluding tert-OH is 1. The van der Waals surface area contributed by atoms with Gasteiger partial charge in [0.2, 0.25) is 35.4 Å². The Morgan fingerprint density at radius 1 is 0.859 bits per heavy atom. The van der Waals surface area contributed by atoms with Crippen molar-refractivity contribution in [3.8, 4) is 10.4 Å². The molecule has 3 aliphatic rings. The monoisotopic (exact) mass is 1090 g/mol. The molecule has 1 fully saturated rings. The molecule has 0 saturated carbocycles. The fraction of sp³-hybridized carbons (Fsp3) is 0.525. The number of carbonyl (C=O) groups excluding carboxylic acids is 7. The van der Waals surface area contributed by atoms with E-state index in [9.17, 15) is 38.7 Å². The van der Waals surface area contributed by atoms with E-state index in [4.69, 9.17) is 15.2 Å². The minimum Gasteiger partial charge on any atom is -0.444 e. The summed E-state index contributed by atoms with van der Waals surface area (Å²) in [5.41, 5.74) is 13.2. The Morgan fingerprint density at radius 3 is 2.19 bits per heavy atom. The van der Waals surface area contributed by atoms with Crippen molar-refractivity contribution >= 4 is 58.6 Å². The van der Waals surface area contributed by atoms with Crippen LogP contribution in [0.4, 0.5) is 10.5 Å². The molecule has 19 heteroatoms. The number of benzene rings is 3. The van der Waals surface area contributed by atoms with Crippen molar-refractivity contribution < 1.29 is 48.1 Å². The van der Waals surface area contributed by atoms with Crippen molar-refractivity contribution in [2.24, 2.45) is 11.1 Å². The minimum atomic E-state index is -0.930. The predicted molar refractivity (Wildman–Crippen MR) is 298 cm³/mol. The fourth-order valence-corrected chi connectivity index (χ4v) is 11.2. The summed E-state index contributed by atoms with van der Waals surface area (Å²) in [5, 5.41) is 22.5. The normalized spacial score (nSPS) is 19.7. The van der Waals surface area contributed by atoms with Crippen LogP contribution in [-0.4, -0.2) is 111 Å². The highest BCUT2D eigenvalue weighted by atomic mass is 32.1. The number of nitrogens with two attached hydrogens (primary N) is 1. The number of likely N-dealkylation sites (tertiary alicyclic amines) is 1. The maximum absolute atomic E-state index is 14.3. The first-order valence-electron chi connectivity index (χ1n) is 27.2. The largest absolute Gasteiger partial charge is 0.444 e. The summed E-state index contributed by atoms with van der Waals surface area (Å²) < 4.78 is 11.8. The number of hydrogen-bond donors (Lipinski definition) is 6.